The number of nitro benzene ring substituents is 1. The van der Waals surface area contributed by atoms with Crippen molar-refractivity contribution in [2.45, 2.75) is 13.5 Å². The summed E-state index contributed by atoms with van der Waals surface area (Å²) in [5.41, 5.74) is 2.19. The van der Waals surface area contributed by atoms with Crippen LogP contribution < -0.4 is 10.1 Å². The van der Waals surface area contributed by atoms with Gasteiger partial charge >= 0.3 is 0 Å². The Kier molecular flexibility index (Phi) is 7.05. The molecule has 0 bridgehead atoms. The van der Waals surface area contributed by atoms with Gasteiger partial charge in [-0.05, 0) is 106 Å². The number of thiocarbonyl (C=S) groups is 1. The Balaban J connectivity index is 1.76. The van der Waals surface area contributed by atoms with Crippen LogP contribution in [0.4, 0.5) is 5.69 Å². The van der Waals surface area contributed by atoms with Gasteiger partial charge in [0.1, 0.15) is 18.1 Å². The van der Waals surface area contributed by atoms with E-state index in [-0.39, 0.29) is 11.6 Å². The highest BCUT2D eigenvalue weighted by molar-refractivity contribution is 14.1. The molecule has 0 unspecified atom stereocenters. The third-order valence-corrected chi connectivity index (χ3v) is 6.07. The van der Waals surface area contributed by atoms with E-state index < -0.39 is 4.92 Å². The smallest absolute Gasteiger partial charge is 0.276 e. The summed E-state index contributed by atoms with van der Waals surface area (Å²) in [4.78, 5) is 24.2. The first-order valence-electron chi connectivity index (χ1n) is 8.50. The fraction of sp³-hybridized carbons (Fsp3) is 0.158. The molecule has 1 heterocycles. The van der Waals surface area contributed by atoms with Crippen LogP contribution in [0.3, 0.4) is 0 Å². The van der Waals surface area contributed by atoms with Gasteiger partial charge in [-0.1, -0.05) is 0 Å². The maximum atomic E-state index is 12.4. The molecule has 150 valence electrons. The number of likely N-dealkylation sites (N-methyl/N-ethyl adjacent to an activating group) is 1. The number of carbonyl (C=O) groups is 1. The monoisotopic (exact) mass is 635 g/mol. The van der Waals surface area contributed by atoms with E-state index >= 15 is 0 Å². The van der Waals surface area contributed by atoms with Crippen molar-refractivity contribution in [2.24, 2.45) is 0 Å². The molecule has 1 saturated heterocycles. The fourth-order valence-electron chi connectivity index (χ4n) is 2.70. The van der Waals surface area contributed by atoms with Crippen molar-refractivity contribution >= 4 is 80.2 Å². The second-order valence-electron chi connectivity index (χ2n) is 6.06. The number of nitrogens with one attached hydrogen (secondary N) is 1. The zero-order valence-corrected chi connectivity index (χ0v) is 20.3. The van der Waals surface area contributed by atoms with Crippen LogP contribution in [0, 0.1) is 17.3 Å². The van der Waals surface area contributed by atoms with E-state index in [0.717, 1.165) is 24.0 Å². The van der Waals surface area contributed by atoms with Gasteiger partial charge in [-0.25, -0.2) is 0 Å². The maximum absolute atomic E-state index is 12.4. The van der Waals surface area contributed by atoms with Crippen LogP contribution in [0.1, 0.15) is 18.1 Å². The van der Waals surface area contributed by atoms with E-state index in [1.54, 1.807) is 18.2 Å². The van der Waals surface area contributed by atoms with Crippen molar-refractivity contribution in [3.63, 3.8) is 0 Å². The summed E-state index contributed by atoms with van der Waals surface area (Å²) in [5.74, 6) is 0.587. The summed E-state index contributed by atoms with van der Waals surface area (Å²) >= 11 is 9.55. The van der Waals surface area contributed by atoms with Crippen LogP contribution in [0.25, 0.3) is 6.08 Å². The Labute approximate surface area is 199 Å². The molecule has 0 aliphatic carbocycles. The van der Waals surface area contributed by atoms with Crippen molar-refractivity contribution in [3.05, 3.63) is 70.5 Å². The van der Waals surface area contributed by atoms with Gasteiger partial charge in [0.2, 0.25) is 0 Å². The highest BCUT2D eigenvalue weighted by atomic mass is 127. The summed E-state index contributed by atoms with van der Waals surface area (Å²) < 4.78 is 7.72. The predicted molar refractivity (Wildman–Crippen MR) is 130 cm³/mol. The number of hydrogen-bond acceptors (Lipinski definition) is 5. The van der Waals surface area contributed by atoms with Crippen LogP contribution in [0.5, 0.6) is 5.75 Å². The van der Waals surface area contributed by atoms with Crippen LogP contribution in [-0.2, 0) is 11.4 Å². The Hall–Kier alpha value is -1.80. The van der Waals surface area contributed by atoms with Gasteiger partial charge in [0, 0.05) is 18.7 Å². The van der Waals surface area contributed by atoms with Crippen LogP contribution in [0.15, 0.2) is 42.1 Å². The molecule has 1 fully saturated rings. The lowest BCUT2D eigenvalue weighted by Gasteiger charge is -2.12. The van der Waals surface area contributed by atoms with Crippen molar-refractivity contribution < 1.29 is 14.5 Å². The molecule has 3 rings (SSSR count). The first kappa shape index (κ1) is 21.9. The number of hydrogen-bond donors (Lipinski definition) is 1. The number of halogens is 2. The maximum Gasteiger partial charge on any atom is 0.276 e. The third kappa shape index (κ3) is 5.04. The van der Waals surface area contributed by atoms with Crippen molar-refractivity contribution in [3.8, 4) is 5.75 Å². The summed E-state index contributed by atoms with van der Waals surface area (Å²) in [7, 11) is 0. The molecule has 1 amide bonds. The van der Waals surface area contributed by atoms with Gasteiger partial charge in [0.15, 0.2) is 5.11 Å². The Morgan fingerprint density at radius 3 is 2.38 bits per heavy atom. The molecule has 7 nitrogen and oxygen atoms in total. The average molecular weight is 635 g/mol. The molecule has 0 aromatic heterocycles. The van der Waals surface area contributed by atoms with Gasteiger partial charge in [-0.3, -0.25) is 19.8 Å². The second-order valence-corrected chi connectivity index (χ2v) is 8.77. The van der Waals surface area contributed by atoms with Crippen LogP contribution in [0.2, 0.25) is 0 Å². The molecule has 1 aliphatic rings. The number of nitro groups is 1. The van der Waals surface area contributed by atoms with E-state index in [1.807, 2.05) is 19.1 Å². The van der Waals surface area contributed by atoms with E-state index in [9.17, 15) is 14.9 Å². The minimum Gasteiger partial charge on any atom is -0.487 e. The summed E-state index contributed by atoms with van der Waals surface area (Å²) in [6.45, 7) is 2.69. The molecule has 10 heteroatoms. The molecule has 1 aliphatic heterocycles. The van der Waals surface area contributed by atoms with E-state index in [1.165, 1.54) is 17.0 Å². The number of amides is 1. The molecule has 0 spiro atoms. The summed E-state index contributed by atoms with van der Waals surface area (Å²) in [6, 6.07) is 10.1. The van der Waals surface area contributed by atoms with Crippen LogP contribution in [-0.4, -0.2) is 27.4 Å². The quantitative estimate of drug-likeness (QED) is 0.166. The molecule has 0 atom stereocenters. The van der Waals surface area contributed by atoms with Crippen molar-refractivity contribution in [1.29, 1.82) is 0 Å². The van der Waals surface area contributed by atoms with Gasteiger partial charge in [0.25, 0.3) is 11.6 Å². The lowest BCUT2D eigenvalue weighted by Crippen LogP contribution is -2.30. The molecule has 0 saturated carbocycles. The second kappa shape index (κ2) is 9.34. The molecular formula is C19H15I2N3O4S. The third-order valence-electron chi connectivity index (χ3n) is 4.14. The molecule has 1 N–H and O–H groups in total. The summed E-state index contributed by atoms with van der Waals surface area (Å²) in [6.07, 6.45) is 1.77. The molecule has 2 aromatic rings. The van der Waals surface area contributed by atoms with Crippen LogP contribution >= 0.6 is 57.4 Å². The molecule has 0 radical (unpaired) electrons. The SMILES string of the molecule is CCN1C(=O)/C(=C/c2cc(I)c(OCc3ccc([N+](=O)[O-])cc3)c(I)c2)NC1=S. The predicted octanol–water partition coefficient (Wildman–Crippen LogP) is 4.46. The zero-order chi connectivity index (χ0) is 21.1. The minimum absolute atomic E-state index is 0.0477. The Morgan fingerprint density at radius 2 is 1.86 bits per heavy atom. The highest BCUT2D eigenvalue weighted by Crippen LogP contribution is 2.31. The molecule has 2 aromatic carbocycles. The largest absolute Gasteiger partial charge is 0.487 e. The first-order chi connectivity index (χ1) is 13.8. The normalized spacial score (nSPS) is 15.0. The number of nitrogens with zero attached hydrogens (tertiary/aromatic N) is 2. The molecular weight excluding hydrogens is 620 g/mol. The minimum atomic E-state index is -0.430. The highest BCUT2D eigenvalue weighted by Gasteiger charge is 2.29. The average Bonchev–Trinajstić information content (AvgIpc) is 2.94. The number of rotatable bonds is 6. The first-order valence-corrected chi connectivity index (χ1v) is 11.1. The summed E-state index contributed by atoms with van der Waals surface area (Å²) in [5, 5.41) is 14.1. The van der Waals surface area contributed by atoms with Gasteiger partial charge in [-0.2, -0.15) is 0 Å². The lowest BCUT2D eigenvalue weighted by atomic mass is 10.2. The van der Waals surface area contributed by atoms with Gasteiger partial charge in [-0.15, -0.1) is 0 Å². The van der Waals surface area contributed by atoms with E-state index in [0.29, 0.717) is 24.0 Å². The van der Waals surface area contributed by atoms with E-state index in [4.69, 9.17) is 17.0 Å². The van der Waals surface area contributed by atoms with Crippen molar-refractivity contribution in [2.75, 3.05) is 6.54 Å². The van der Waals surface area contributed by atoms with E-state index in [2.05, 4.69) is 50.5 Å². The molecule has 29 heavy (non-hydrogen) atoms. The topological polar surface area (TPSA) is 84.7 Å². The Bertz CT molecular complexity index is 1000. The number of carbonyl (C=O) groups excluding carboxylic acids is 1. The number of ether oxygens (including phenoxy) is 1. The van der Waals surface area contributed by atoms with Gasteiger partial charge in [0.05, 0.1) is 12.1 Å². The standard InChI is InChI=1S/C19H15I2N3O4S/c1-2-23-18(25)16(22-19(23)29)9-12-7-14(20)17(15(21)8-12)28-10-11-3-5-13(6-4-11)24(26)27/h3-9H,2,10H2,1H3,(H,22,29)/b16-9-. The number of benzene rings is 2. The number of non-ortho nitro benzene ring substituents is 1. The zero-order valence-electron chi connectivity index (χ0n) is 15.1. The van der Waals surface area contributed by atoms with Gasteiger partial charge < -0.3 is 10.1 Å². The fourth-order valence-corrected chi connectivity index (χ4v) is 5.15. The Morgan fingerprint density at radius 1 is 1.24 bits per heavy atom. The lowest BCUT2D eigenvalue weighted by molar-refractivity contribution is -0.384. The van der Waals surface area contributed by atoms with Crippen molar-refractivity contribution in [1.82, 2.24) is 10.2 Å².